The summed E-state index contributed by atoms with van der Waals surface area (Å²) in [5, 5.41) is 0.625. The fraction of sp³-hybridized carbons (Fsp3) is 0.333. The molecule has 2 heterocycles. The minimum atomic E-state index is -4.41. The summed E-state index contributed by atoms with van der Waals surface area (Å²) in [5.74, 6) is 2.07. The molecule has 0 radical (unpaired) electrons. The molecule has 2 aliphatic rings. The van der Waals surface area contributed by atoms with E-state index in [0.717, 1.165) is 63.4 Å². The normalized spacial score (nSPS) is 18.6. The van der Waals surface area contributed by atoms with Crippen molar-refractivity contribution in [2.24, 2.45) is 0 Å². The van der Waals surface area contributed by atoms with Crippen molar-refractivity contribution in [3.05, 3.63) is 101 Å². The molecule has 3 aromatic carbocycles. The van der Waals surface area contributed by atoms with Gasteiger partial charge in [0.15, 0.2) is 0 Å². The van der Waals surface area contributed by atoms with Crippen LogP contribution >= 0.6 is 11.6 Å². The molecule has 2 aliphatic heterocycles. The highest BCUT2D eigenvalue weighted by atomic mass is 35.5. The predicted octanol–water partition coefficient (Wildman–Crippen LogP) is 7.21. The average Bonchev–Trinajstić information content (AvgIpc) is 3.26. The standard InChI is InChI=1S/C30H31ClF3N3O2/c1-22-36(15-3-14-35-16-18-38-19-17-35)21-29(23-4-2-5-24(20-23)30(32,33)34)37(22)26-8-12-28(13-9-26)39-27-10-6-25(31)7-11-27/h2,4-13,20,29H,1,3,14-19,21H2. The maximum absolute atomic E-state index is 13.5. The van der Waals surface area contributed by atoms with Crippen molar-refractivity contribution < 1.29 is 22.6 Å². The molecule has 2 fully saturated rings. The second kappa shape index (κ2) is 11.9. The van der Waals surface area contributed by atoms with Gasteiger partial charge in [-0.05, 0) is 72.6 Å². The van der Waals surface area contributed by atoms with Crippen LogP contribution in [0.15, 0.2) is 85.2 Å². The van der Waals surface area contributed by atoms with Crippen LogP contribution in [-0.2, 0) is 10.9 Å². The van der Waals surface area contributed by atoms with Gasteiger partial charge in [-0.15, -0.1) is 0 Å². The molecule has 0 spiro atoms. The predicted molar refractivity (Wildman–Crippen MR) is 147 cm³/mol. The molecular formula is C30H31ClF3N3O2. The van der Waals surface area contributed by atoms with Crippen LogP contribution in [0.1, 0.15) is 23.6 Å². The van der Waals surface area contributed by atoms with Gasteiger partial charge in [-0.3, -0.25) is 4.90 Å². The SMILES string of the molecule is C=C1N(CCCN2CCOCC2)CC(c2cccc(C(F)(F)F)c2)N1c1ccc(Oc2ccc(Cl)cc2)cc1. The van der Waals surface area contributed by atoms with E-state index < -0.39 is 11.7 Å². The van der Waals surface area contributed by atoms with Gasteiger partial charge in [0.05, 0.1) is 24.8 Å². The summed E-state index contributed by atoms with van der Waals surface area (Å²) < 4.78 is 52.0. The van der Waals surface area contributed by atoms with Crippen LogP contribution in [0, 0.1) is 0 Å². The largest absolute Gasteiger partial charge is 0.457 e. The Hall–Kier alpha value is -3.20. The van der Waals surface area contributed by atoms with Crippen molar-refractivity contribution in [3.8, 4) is 11.5 Å². The quantitative estimate of drug-likeness (QED) is 0.292. The van der Waals surface area contributed by atoms with Crippen LogP contribution in [0.5, 0.6) is 11.5 Å². The number of anilines is 1. The first kappa shape index (κ1) is 27.4. The Balaban J connectivity index is 1.36. The Kier molecular flexibility index (Phi) is 8.35. The first-order valence-corrected chi connectivity index (χ1v) is 13.4. The summed E-state index contributed by atoms with van der Waals surface area (Å²) in [6.45, 7) is 9.95. The second-order valence-electron chi connectivity index (χ2n) is 9.73. The fourth-order valence-corrected chi connectivity index (χ4v) is 5.20. The van der Waals surface area contributed by atoms with E-state index in [4.69, 9.17) is 21.1 Å². The van der Waals surface area contributed by atoms with Gasteiger partial charge in [0, 0.05) is 43.4 Å². The van der Waals surface area contributed by atoms with Gasteiger partial charge in [-0.1, -0.05) is 30.3 Å². The summed E-state index contributed by atoms with van der Waals surface area (Å²) in [5.41, 5.74) is 0.785. The molecule has 0 bridgehead atoms. The zero-order chi connectivity index (χ0) is 27.4. The summed E-state index contributed by atoms with van der Waals surface area (Å²) >= 11 is 5.96. The summed E-state index contributed by atoms with van der Waals surface area (Å²) in [6.07, 6.45) is -3.48. The van der Waals surface area contributed by atoms with Gasteiger partial charge in [0.25, 0.3) is 0 Å². The lowest BCUT2D eigenvalue weighted by Gasteiger charge is -2.29. The molecule has 0 aromatic heterocycles. The number of ether oxygens (including phenoxy) is 2. The Morgan fingerprint density at radius 2 is 1.59 bits per heavy atom. The lowest BCUT2D eigenvalue weighted by molar-refractivity contribution is -0.137. The van der Waals surface area contributed by atoms with E-state index >= 15 is 0 Å². The molecule has 2 saturated heterocycles. The minimum absolute atomic E-state index is 0.314. The number of nitrogens with zero attached hydrogens (tertiary/aromatic N) is 3. The van der Waals surface area contributed by atoms with E-state index in [0.29, 0.717) is 28.6 Å². The number of halogens is 4. The van der Waals surface area contributed by atoms with Crippen LogP contribution in [-0.4, -0.2) is 55.7 Å². The van der Waals surface area contributed by atoms with Gasteiger partial charge in [0.2, 0.25) is 0 Å². The molecule has 1 atom stereocenters. The van der Waals surface area contributed by atoms with Crippen LogP contribution in [0.3, 0.4) is 0 Å². The average molecular weight is 558 g/mol. The van der Waals surface area contributed by atoms with E-state index in [2.05, 4.69) is 16.4 Å². The first-order chi connectivity index (χ1) is 18.8. The van der Waals surface area contributed by atoms with Crippen LogP contribution < -0.4 is 9.64 Å². The Morgan fingerprint density at radius 3 is 2.26 bits per heavy atom. The van der Waals surface area contributed by atoms with Gasteiger partial charge in [-0.25, -0.2) is 0 Å². The highest BCUT2D eigenvalue weighted by molar-refractivity contribution is 6.30. The lowest BCUT2D eigenvalue weighted by atomic mass is 10.0. The third-order valence-corrected chi connectivity index (χ3v) is 7.37. The lowest BCUT2D eigenvalue weighted by Crippen LogP contribution is -2.38. The van der Waals surface area contributed by atoms with Gasteiger partial charge >= 0.3 is 6.18 Å². The number of hydrogen-bond donors (Lipinski definition) is 0. The molecule has 0 saturated carbocycles. The van der Waals surface area contributed by atoms with Crippen LogP contribution in [0.25, 0.3) is 0 Å². The monoisotopic (exact) mass is 557 g/mol. The zero-order valence-electron chi connectivity index (χ0n) is 21.5. The molecule has 0 N–H and O–H groups in total. The van der Waals surface area contributed by atoms with E-state index in [1.54, 1.807) is 30.3 Å². The minimum Gasteiger partial charge on any atom is -0.457 e. The third kappa shape index (κ3) is 6.69. The number of morpholine rings is 1. The molecule has 3 aromatic rings. The van der Waals surface area contributed by atoms with Gasteiger partial charge in [-0.2, -0.15) is 13.2 Å². The van der Waals surface area contributed by atoms with Crippen molar-refractivity contribution in [2.45, 2.75) is 18.6 Å². The number of benzene rings is 3. The summed E-state index contributed by atoms with van der Waals surface area (Å²) in [6, 6.07) is 19.9. The van der Waals surface area contributed by atoms with Crippen molar-refractivity contribution in [2.75, 3.05) is 50.8 Å². The van der Waals surface area contributed by atoms with Crippen molar-refractivity contribution in [1.82, 2.24) is 9.80 Å². The Morgan fingerprint density at radius 1 is 0.923 bits per heavy atom. The smallest absolute Gasteiger partial charge is 0.416 e. The molecule has 0 aliphatic carbocycles. The third-order valence-electron chi connectivity index (χ3n) is 7.12. The molecule has 5 nitrogen and oxygen atoms in total. The highest BCUT2D eigenvalue weighted by Crippen LogP contribution is 2.41. The van der Waals surface area contributed by atoms with E-state index in [-0.39, 0.29) is 6.04 Å². The number of hydrogen-bond acceptors (Lipinski definition) is 5. The maximum Gasteiger partial charge on any atom is 0.416 e. The zero-order valence-corrected chi connectivity index (χ0v) is 22.3. The van der Waals surface area contributed by atoms with Crippen molar-refractivity contribution in [3.63, 3.8) is 0 Å². The van der Waals surface area contributed by atoms with E-state index in [9.17, 15) is 13.2 Å². The second-order valence-corrected chi connectivity index (χ2v) is 10.2. The van der Waals surface area contributed by atoms with E-state index in [1.165, 1.54) is 12.1 Å². The van der Waals surface area contributed by atoms with Crippen molar-refractivity contribution in [1.29, 1.82) is 0 Å². The Labute approximate surface area is 232 Å². The molecule has 39 heavy (non-hydrogen) atoms. The van der Waals surface area contributed by atoms with Gasteiger partial charge < -0.3 is 19.3 Å². The maximum atomic E-state index is 13.5. The van der Waals surface area contributed by atoms with Crippen molar-refractivity contribution >= 4 is 17.3 Å². The first-order valence-electron chi connectivity index (χ1n) is 13.0. The Bertz CT molecular complexity index is 1260. The van der Waals surface area contributed by atoms with E-state index in [1.807, 2.05) is 29.2 Å². The molecule has 5 rings (SSSR count). The fourth-order valence-electron chi connectivity index (χ4n) is 5.08. The molecule has 9 heteroatoms. The number of rotatable bonds is 8. The summed E-state index contributed by atoms with van der Waals surface area (Å²) in [7, 11) is 0. The summed E-state index contributed by atoms with van der Waals surface area (Å²) in [4.78, 5) is 6.57. The van der Waals surface area contributed by atoms with Crippen LogP contribution in [0.4, 0.5) is 18.9 Å². The molecular weight excluding hydrogens is 527 g/mol. The molecule has 1 unspecified atom stereocenters. The molecule has 206 valence electrons. The van der Waals surface area contributed by atoms with Crippen LogP contribution in [0.2, 0.25) is 5.02 Å². The number of alkyl halides is 3. The topological polar surface area (TPSA) is 28.2 Å². The highest BCUT2D eigenvalue weighted by Gasteiger charge is 2.37. The van der Waals surface area contributed by atoms with Gasteiger partial charge in [0.1, 0.15) is 17.3 Å². The molecule has 0 amide bonds.